The summed E-state index contributed by atoms with van der Waals surface area (Å²) in [5.41, 5.74) is 6.18. The van der Waals surface area contributed by atoms with Gasteiger partial charge in [0.25, 0.3) is 5.91 Å². The number of aryl methyl sites for hydroxylation is 1. The van der Waals surface area contributed by atoms with E-state index < -0.39 is 5.91 Å². The van der Waals surface area contributed by atoms with E-state index in [1.165, 1.54) is 12.3 Å². The molecular formula is C24H21N3O4. The molecule has 0 fully saturated rings. The SMILES string of the molecule is O=C(NO)c1cc(-c2ccc(-c3ccc(CCCO)cc3)cc2O)nc2ccncc12. The number of hydrogen-bond donors (Lipinski definition) is 4. The number of nitrogens with zero attached hydrogens (tertiary/aromatic N) is 2. The summed E-state index contributed by atoms with van der Waals surface area (Å²) in [6.45, 7) is 0.165. The van der Waals surface area contributed by atoms with Crippen LogP contribution in [0.1, 0.15) is 22.3 Å². The highest BCUT2D eigenvalue weighted by Gasteiger charge is 2.16. The van der Waals surface area contributed by atoms with E-state index in [2.05, 4.69) is 9.97 Å². The summed E-state index contributed by atoms with van der Waals surface area (Å²) in [5, 5.41) is 29.3. The molecule has 31 heavy (non-hydrogen) atoms. The number of aliphatic hydroxyl groups excluding tert-OH is 1. The molecule has 7 nitrogen and oxygen atoms in total. The molecule has 0 radical (unpaired) electrons. The van der Waals surface area contributed by atoms with E-state index in [4.69, 9.17) is 10.3 Å². The molecule has 7 heteroatoms. The lowest BCUT2D eigenvalue weighted by Gasteiger charge is -2.11. The Morgan fingerprint density at radius 2 is 1.77 bits per heavy atom. The van der Waals surface area contributed by atoms with Gasteiger partial charge in [0.2, 0.25) is 0 Å². The summed E-state index contributed by atoms with van der Waals surface area (Å²) in [7, 11) is 0. The van der Waals surface area contributed by atoms with Gasteiger partial charge in [-0.15, -0.1) is 0 Å². The molecule has 0 atom stereocenters. The number of benzene rings is 2. The number of fused-ring (bicyclic) bond motifs is 1. The second-order valence-electron chi connectivity index (χ2n) is 7.14. The zero-order chi connectivity index (χ0) is 21.8. The maximum absolute atomic E-state index is 12.1. The van der Waals surface area contributed by atoms with Crippen LogP contribution >= 0.6 is 0 Å². The Bertz CT molecular complexity index is 1240. The Labute approximate surface area is 178 Å². The van der Waals surface area contributed by atoms with Gasteiger partial charge in [-0.3, -0.25) is 15.0 Å². The number of aromatic hydroxyl groups is 1. The zero-order valence-corrected chi connectivity index (χ0v) is 16.6. The second-order valence-corrected chi connectivity index (χ2v) is 7.14. The van der Waals surface area contributed by atoms with Crippen molar-refractivity contribution in [3.63, 3.8) is 0 Å². The van der Waals surface area contributed by atoms with Crippen molar-refractivity contribution in [3.05, 3.63) is 78.1 Å². The number of aromatic nitrogens is 2. The molecule has 0 bridgehead atoms. The van der Waals surface area contributed by atoms with E-state index in [0.717, 1.165) is 29.5 Å². The van der Waals surface area contributed by atoms with Crippen molar-refractivity contribution >= 4 is 16.8 Å². The smallest absolute Gasteiger partial charge is 0.275 e. The number of carbonyl (C=O) groups is 1. The number of rotatable bonds is 6. The van der Waals surface area contributed by atoms with E-state index >= 15 is 0 Å². The van der Waals surface area contributed by atoms with Crippen LogP contribution in [0.15, 0.2) is 67.0 Å². The molecule has 2 aromatic heterocycles. The average molecular weight is 415 g/mol. The fourth-order valence-electron chi connectivity index (χ4n) is 3.53. The molecule has 0 aliphatic carbocycles. The number of amides is 1. The number of nitrogens with one attached hydrogen (secondary N) is 1. The normalized spacial score (nSPS) is 10.9. The molecule has 4 aromatic rings. The van der Waals surface area contributed by atoms with Crippen molar-refractivity contribution in [2.75, 3.05) is 6.61 Å². The van der Waals surface area contributed by atoms with Crippen molar-refractivity contribution in [2.45, 2.75) is 12.8 Å². The third-order valence-corrected chi connectivity index (χ3v) is 5.14. The van der Waals surface area contributed by atoms with Crippen molar-refractivity contribution in [1.29, 1.82) is 0 Å². The topological polar surface area (TPSA) is 116 Å². The molecule has 1 amide bonds. The number of phenolic OH excluding ortho intramolecular Hbond substituents is 1. The Morgan fingerprint density at radius 1 is 1.00 bits per heavy atom. The highest BCUT2D eigenvalue weighted by molar-refractivity contribution is 6.06. The Hall–Kier alpha value is -3.81. The van der Waals surface area contributed by atoms with E-state index in [9.17, 15) is 9.90 Å². The Kier molecular flexibility index (Phi) is 5.88. The molecule has 0 saturated carbocycles. The van der Waals surface area contributed by atoms with E-state index in [-0.39, 0.29) is 17.9 Å². The van der Waals surface area contributed by atoms with Gasteiger partial charge < -0.3 is 10.2 Å². The molecule has 2 heterocycles. The van der Waals surface area contributed by atoms with Gasteiger partial charge in [-0.2, -0.15) is 0 Å². The first-order chi connectivity index (χ1) is 15.1. The largest absolute Gasteiger partial charge is 0.507 e. The summed E-state index contributed by atoms with van der Waals surface area (Å²) in [6.07, 6.45) is 4.60. The van der Waals surface area contributed by atoms with E-state index in [1.807, 2.05) is 30.3 Å². The molecule has 2 aromatic carbocycles. The van der Waals surface area contributed by atoms with Gasteiger partial charge in [0.15, 0.2) is 0 Å². The zero-order valence-electron chi connectivity index (χ0n) is 16.6. The summed E-state index contributed by atoms with van der Waals surface area (Å²) in [5.74, 6) is -0.655. The van der Waals surface area contributed by atoms with Crippen molar-refractivity contribution < 1.29 is 20.2 Å². The Morgan fingerprint density at radius 3 is 2.48 bits per heavy atom. The standard InChI is InChI=1S/C24H21N3O4/c28-11-1-2-15-3-5-16(6-4-15)17-7-8-18(23(29)12-17)22-13-19(24(30)27-31)20-14-25-10-9-21(20)26-22/h3-10,12-14,28-29,31H,1-2,11H2,(H,27,30). The van der Waals surface area contributed by atoms with Crippen LogP contribution in [-0.4, -0.2) is 37.9 Å². The van der Waals surface area contributed by atoms with Gasteiger partial charge in [0, 0.05) is 30.0 Å². The molecule has 0 aliphatic heterocycles. The lowest BCUT2D eigenvalue weighted by atomic mass is 9.98. The average Bonchev–Trinajstić information content (AvgIpc) is 2.81. The predicted octanol–water partition coefficient (Wildman–Crippen LogP) is 3.71. The fraction of sp³-hybridized carbons (Fsp3) is 0.125. The van der Waals surface area contributed by atoms with Gasteiger partial charge >= 0.3 is 0 Å². The number of phenols is 1. The van der Waals surface area contributed by atoms with Crippen LogP contribution in [-0.2, 0) is 6.42 Å². The minimum atomic E-state index is -0.681. The number of hydrogen-bond acceptors (Lipinski definition) is 6. The quantitative estimate of drug-likeness (QED) is 0.282. The molecule has 4 N–H and O–H groups in total. The van der Waals surface area contributed by atoms with Gasteiger partial charge in [0.1, 0.15) is 5.75 Å². The van der Waals surface area contributed by atoms with Crippen LogP contribution in [0.2, 0.25) is 0 Å². The summed E-state index contributed by atoms with van der Waals surface area (Å²) in [4.78, 5) is 20.7. The van der Waals surface area contributed by atoms with Crippen LogP contribution in [0.25, 0.3) is 33.3 Å². The van der Waals surface area contributed by atoms with Crippen LogP contribution in [0.5, 0.6) is 5.75 Å². The first-order valence-electron chi connectivity index (χ1n) is 9.83. The highest BCUT2D eigenvalue weighted by atomic mass is 16.5. The number of carbonyl (C=O) groups excluding carboxylic acids is 1. The summed E-state index contributed by atoms with van der Waals surface area (Å²) >= 11 is 0. The maximum atomic E-state index is 12.1. The third-order valence-electron chi connectivity index (χ3n) is 5.14. The Balaban J connectivity index is 1.71. The first kappa shape index (κ1) is 20.5. The molecule has 156 valence electrons. The third kappa shape index (κ3) is 4.23. The lowest BCUT2D eigenvalue weighted by Crippen LogP contribution is -2.19. The van der Waals surface area contributed by atoms with Crippen LogP contribution in [0.3, 0.4) is 0 Å². The molecule has 4 rings (SSSR count). The van der Waals surface area contributed by atoms with E-state index in [0.29, 0.717) is 22.2 Å². The molecule has 0 aliphatic rings. The number of pyridine rings is 2. The molecule has 0 unspecified atom stereocenters. The van der Waals surface area contributed by atoms with Crippen molar-refractivity contribution in [3.8, 4) is 28.1 Å². The summed E-state index contributed by atoms with van der Waals surface area (Å²) < 4.78 is 0. The van der Waals surface area contributed by atoms with Crippen molar-refractivity contribution in [2.24, 2.45) is 0 Å². The number of hydroxylamine groups is 1. The monoisotopic (exact) mass is 415 g/mol. The van der Waals surface area contributed by atoms with Gasteiger partial charge in [-0.25, -0.2) is 10.5 Å². The van der Waals surface area contributed by atoms with Gasteiger partial charge in [0.05, 0.1) is 16.8 Å². The molecular weight excluding hydrogens is 394 g/mol. The first-order valence-corrected chi connectivity index (χ1v) is 9.83. The second kappa shape index (κ2) is 8.91. The van der Waals surface area contributed by atoms with Crippen LogP contribution < -0.4 is 5.48 Å². The van der Waals surface area contributed by atoms with Crippen LogP contribution in [0, 0.1) is 0 Å². The molecule has 0 saturated heterocycles. The van der Waals surface area contributed by atoms with Crippen LogP contribution in [0.4, 0.5) is 0 Å². The van der Waals surface area contributed by atoms with E-state index in [1.54, 1.807) is 29.9 Å². The predicted molar refractivity (Wildman–Crippen MR) is 117 cm³/mol. The molecule has 0 spiro atoms. The van der Waals surface area contributed by atoms with Gasteiger partial charge in [-0.1, -0.05) is 30.3 Å². The summed E-state index contributed by atoms with van der Waals surface area (Å²) in [6, 6.07) is 16.4. The minimum absolute atomic E-state index is 0.0260. The fourth-order valence-corrected chi connectivity index (χ4v) is 3.53. The maximum Gasteiger partial charge on any atom is 0.275 e. The number of aliphatic hydroxyl groups is 1. The highest BCUT2D eigenvalue weighted by Crippen LogP contribution is 2.34. The van der Waals surface area contributed by atoms with Gasteiger partial charge in [-0.05, 0) is 53.8 Å². The minimum Gasteiger partial charge on any atom is -0.507 e. The lowest BCUT2D eigenvalue weighted by molar-refractivity contribution is 0.0708. The van der Waals surface area contributed by atoms with Crippen molar-refractivity contribution in [1.82, 2.24) is 15.4 Å².